The first-order valence-corrected chi connectivity index (χ1v) is 11.7. The SMILES string of the molecule is CC1=[NH+]N(c2cccc(S(=O)(=O)[O-])c2)C(=O)C1N=Nc1cc(Cl)c(C)cc1S(=O)(=O)[O-]. The van der Waals surface area contributed by atoms with Crippen LogP contribution < -0.4 is 10.1 Å². The molecular weight excluding hydrogens is 472 g/mol. The van der Waals surface area contributed by atoms with Crippen LogP contribution in [-0.4, -0.2) is 43.6 Å². The highest BCUT2D eigenvalue weighted by molar-refractivity contribution is 7.86. The summed E-state index contributed by atoms with van der Waals surface area (Å²) < 4.78 is 68.3. The molecule has 0 saturated carbocycles. The molecule has 14 heteroatoms. The molecule has 2 aromatic carbocycles. The van der Waals surface area contributed by atoms with Crippen molar-refractivity contribution in [3.05, 3.63) is 47.0 Å². The zero-order chi connectivity index (χ0) is 23.1. The van der Waals surface area contributed by atoms with Gasteiger partial charge in [0.25, 0.3) is 0 Å². The van der Waals surface area contributed by atoms with Gasteiger partial charge < -0.3 is 9.11 Å². The maximum Gasteiger partial charge on any atom is 0.320 e. The van der Waals surface area contributed by atoms with Gasteiger partial charge in [0.05, 0.1) is 9.79 Å². The van der Waals surface area contributed by atoms with E-state index in [2.05, 4.69) is 15.3 Å². The maximum absolute atomic E-state index is 12.8. The van der Waals surface area contributed by atoms with E-state index in [9.17, 15) is 30.7 Å². The summed E-state index contributed by atoms with van der Waals surface area (Å²) in [5.41, 5.74) is 0.369. The van der Waals surface area contributed by atoms with Crippen molar-refractivity contribution in [1.29, 1.82) is 0 Å². The number of carbonyl (C=O) groups excluding carboxylic acids is 1. The molecule has 1 aliphatic rings. The van der Waals surface area contributed by atoms with Crippen molar-refractivity contribution in [3.63, 3.8) is 0 Å². The summed E-state index contributed by atoms with van der Waals surface area (Å²) in [7, 11) is -9.62. The monoisotopic (exact) mass is 485 g/mol. The molecule has 1 atom stereocenters. The second-order valence-corrected chi connectivity index (χ2v) is 9.70. The molecule has 3 rings (SSSR count). The lowest BCUT2D eigenvalue weighted by molar-refractivity contribution is -0.455. The summed E-state index contributed by atoms with van der Waals surface area (Å²) in [6, 6.07) is 5.79. The lowest BCUT2D eigenvalue weighted by atomic mass is 10.2. The molecule has 0 fully saturated rings. The number of nitrogens with zero attached hydrogens (tertiary/aromatic N) is 3. The van der Waals surface area contributed by atoms with Gasteiger partial charge in [-0.2, -0.15) is 10.2 Å². The molecule has 31 heavy (non-hydrogen) atoms. The number of hydrazine groups is 1. The smallest absolute Gasteiger partial charge is 0.320 e. The van der Waals surface area contributed by atoms with Gasteiger partial charge in [-0.05, 0) is 42.8 Å². The van der Waals surface area contributed by atoms with Crippen LogP contribution in [0.1, 0.15) is 12.5 Å². The van der Waals surface area contributed by atoms with Crippen LogP contribution in [0.15, 0.2) is 56.4 Å². The number of hydrazone groups is 1. The first kappa shape index (κ1) is 23.0. The van der Waals surface area contributed by atoms with Crippen LogP contribution in [0, 0.1) is 6.92 Å². The number of hydrogen-bond acceptors (Lipinski definition) is 9. The highest BCUT2D eigenvalue weighted by atomic mass is 35.5. The van der Waals surface area contributed by atoms with Gasteiger partial charge >= 0.3 is 5.91 Å². The predicted octanol–water partition coefficient (Wildman–Crippen LogP) is 0.412. The zero-order valence-electron chi connectivity index (χ0n) is 15.9. The van der Waals surface area contributed by atoms with Gasteiger partial charge in [0.1, 0.15) is 31.6 Å². The molecule has 11 nitrogen and oxygen atoms in total. The van der Waals surface area contributed by atoms with Crippen molar-refractivity contribution in [1.82, 2.24) is 0 Å². The van der Waals surface area contributed by atoms with Crippen LogP contribution in [0.5, 0.6) is 0 Å². The fourth-order valence-corrected chi connectivity index (χ4v) is 4.09. The first-order valence-electron chi connectivity index (χ1n) is 8.46. The quantitative estimate of drug-likeness (QED) is 0.471. The van der Waals surface area contributed by atoms with Crippen molar-refractivity contribution in [3.8, 4) is 0 Å². The Labute approximate surface area is 182 Å². The number of anilines is 1. The van der Waals surface area contributed by atoms with Crippen LogP contribution in [0.2, 0.25) is 5.02 Å². The molecular formula is C17H14ClN4O7S2-. The lowest BCUT2D eigenvalue weighted by Gasteiger charge is -2.12. The Hall–Kier alpha value is -2.71. The van der Waals surface area contributed by atoms with Gasteiger partial charge in [-0.1, -0.05) is 22.7 Å². The molecule has 0 bridgehead atoms. The lowest BCUT2D eigenvalue weighted by Crippen LogP contribution is -2.81. The van der Waals surface area contributed by atoms with Crippen molar-refractivity contribution >= 4 is 54.8 Å². The van der Waals surface area contributed by atoms with Crippen molar-refractivity contribution in [2.24, 2.45) is 10.2 Å². The molecule has 0 spiro atoms. The number of carbonyl (C=O) groups is 1. The molecule has 1 unspecified atom stereocenters. The average Bonchev–Trinajstić information content (AvgIpc) is 2.95. The number of benzene rings is 2. The summed E-state index contributed by atoms with van der Waals surface area (Å²) in [6.45, 7) is 3.01. The Morgan fingerprint density at radius 1 is 1.06 bits per heavy atom. The van der Waals surface area contributed by atoms with Gasteiger partial charge in [0.2, 0.25) is 11.8 Å². The van der Waals surface area contributed by atoms with E-state index in [0.29, 0.717) is 5.56 Å². The van der Waals surface area contributed by atoms with Gasteiger partial charge in [-0.15, -0.1) is 5.10 Å². The van der Waals surface area contributed by atoms with E-state index >= 15 is 0 Å². The molecule has 2 aromatic rings. The number of nitrogens with one attached hydrogen (secondary N) is 1. The van der Waals surface area contributed by atoms with Crippen LogP contribution in [-0.2, 0) is 25.0 Å². The van der Waals surface area contributed by atoms with Gasteiger partial charge in [-0.3, -0.25) is 4.79 Å². The van der Waals surface area contributed by atoms with E-state index in [4.69, 9.17) is 11.6 Å². The second kappa shape index (κ2) is 8.09. The molecule has 0 radical (unpaired) electrons. The predicted molar refractivity (Wildman–Crippen MR) is 106 cm³/mol. The highest BCUT2D eigenvalue weighted by Gasteiger charge is 2.41. The minimum absolute atomic E-state index is 0.0696. The Morgan fingerprint density at radius 3 is 2.35 bits per heavy atom. The van der Waals surface area contributed by atoms with E-state index in [1.807, 2.05) is 0 Å². The van der Waals surface area contributed by atoms with E-state index in [-0.39, 0.29) is 22.1 Å². The normalized spacial score (nSPS) is 17.5. The molecule has 0 saturated heterocycles. The number of hydrogen-bond donors (Lipinski definition) is 1. The molecule has 0 aromatic heterocycles. The van der Waals surface area contributed by atoms with E-state index in [0.717, 1.165) is 29.3 Å². The summed E-state index contributed by atoms with van der Waals surface area (Å²) in [5, 5.41) is 11.4. The summed E-state index contributed by atoms with van der Waals surface area (Å²) in [4.78, 5) is 11.6. The third-order valence-electron chi connectivity index (χ3n) is 4.31. The molecule has 1 heterocycles. The molecule has 1 N–H and O–H groups in total. The first-order chi connectivity index (χ1) is 14.3. The Morgan fingerprint density at radius 2 is 1.74 bits per heavy atom. The average molecular weight is 486 g/mol. The molecule has 1 aliphatic heterocycles. The maximum atomic E-state index is 12.8. The Bertz CT molecular complexity index is 1350. The highest BCUT2D eigenvalue weighted by Crippen LogP contribution is 2.31. The second-order valence-electron chi connectivity index (χ2n) is 6.56. The van der Waals surface area contributed by atoms with Crippen molar-refractivity contribution in [2.45, 2.75) is 29.7 Å². The van der Waals surface area contributed by atoms with Gasteiger partial charge in [0.15, 0.2) is 0 Å². The van der Waals surface area contributed by atoms with Crippen molar-refractivity contribution < 1.29 is 35.8 Å². The van der Waals surface area contributed by atoms with Gasteiger partial charge in [0, 0.05) is 11.9 Å². The third kappa shape index (κ3) is 4.80. The van der Waals surface area contributed by atoms with E-state index in [1.165, 1.54) is 26.0 Å². The number of azo groups is 1. The zero-order valence-corrected chi connectivity index (χ0v) is 18.3. The van der Waals surface area contributed by atoms with E-state index < -0.39 is 42.0 Å². The summed E-state index contributed by atoms with van der Waals surface area (Å²) >= 11 is 5.98. The third-order valence-corrected chi connectivity index (χ3v) is 6.41. The summed E-state index contributed by atoms with van der Waals surface area (Å²) in [6.07, 6.45) is 0. The minimum atomic E-state index is -4.88. The standard InChI is InChI=1S/C17H15ClN4O7S2/c1-9-6-15(31(27,28)29)14(8-13(9)18)19-20-16-10(2)21-22(17(16)23)11-4-3-5-12(7-11)30(24,25)26/h3-8,16H,1-2H3,(H,24,25,26)(H,27,28,29)/p-1. The molecule has 1 amide bonds. The van der Waals surface area contributed by atoms with Crippen molar-refractivity contribution in [2.75, 3.05) is 5.01 Å². The minimum Gasteiger partial charge on any atom is -0.744 e. The Balaban J connectivity index is 1.96. The molecule has 164 valence electrons. The van der Waals surface area contributed by atoms with Crippen LogP contribution in [0.3, 0.4) is 0 Å². The van der Waals surface area contributed by atoms with Crippen LogP contribution in [0.4, 0.5) is 11.4 Å². The number of aryl methyl sites for hydroxylation is 1. The number of amides is 1. The van der Waals surface area contributed by atoms with Crippen LogP contribution in [0.25, 0.3) is 0 Å². The fourth-order valence-electron chi connectivity index (χ4n) is 2.75. The number of halogens is 1. The molecule has 0 aliphatic carbocycles. The van der Waals surface area contributed by atoms with Crippen LogP contribution >= 0.6 is 11.6 Å². The fraction of sp³-hybridized carbons (Fsp3) is 0.176. The van der Waals surface area contributed by atoms with E-state index in [1.54, 1.807) is 0 Å². The Kier molecular flexibility index (Phi) is 5.99. The number of rotatable bonds is 5. The topological polar surface area (TPSA) is 173 Å². The summed E-state index contributed by atoms with van der Waals surface area (Å²) in [5.74, 6) is -0.675. The largest absolute Gasteiger partial charge is 0.744 e. The van der Waals surface area contributed by atoms with Gasteiger partial charge in [-0.25, -0.2) is 16.8 Å².